The maximum atomic E-state index is 13.0. The molecule has 0 saturated carbocycles. The summed E-state index contributed by atoms with van der Waals surface area (Å²) in [6, 6.07) is 10.3. The standard InChI is InChI=1S/C16H13BrF2N2O2/c17-11-3-1-10(2-4-11)7-15(22)20-9-16(23)21-12-5-6-13(18)14(19)8-12/h1-6,8H,7,9H2,(H,20,22)(H,21,23). The number of anilines is 1. The second kappa shape index (κ2) is 7.82. The van der Waals surface area contributed by atoms with E-state index in [0.29, 0.717) is 0 Å². The fourth-order valence-corrected chi connectivity index (χ4v) is 2.07. The van der Waals surface area contributed by atoms with Gasteiger partial charge in [-0.2, -0.15) is 0 Å². The van der Waals surface area contributed by atoms with Gasteiger partial charge in [0, 0.05) is 16.2 Å². The van der Waals surface area contributed by atoms with Crippen LogP contribution in [0.1, 0.15) is 5.56 Å². The highest BCUT2D eigenvalue weighted by Gasteiger charge is 2.08. The smallest absolute Gasteiger partial charge is 0.243 e. The molecule has 2 N–H and O–H groups in total. The molecule has 0 aliphatic rings. The van der Waals surface area contributed by atoms with Crippen LogP contribution in [0.15, 0.2) is 46.9 Å². The van der Waals surface area contributed by atoms with Gasteiger partial charge in [0.05, 0.1) is 13.0 Å². The van der Waals surface area contributed by atoms with Crippen molar-refractivity contribution in [2.24, 2.45) is 0 Å². The molecule has 0 atom stereocenters. The van der Waals surface area contributed by atoms with Crippen molar-refractivity contribution in [3.63, 3.8) is 0 Å². The van der Waals surface area contributed by atoms with Crippen molar-refractivity contribution in [1.82, 2.24) is 5.32 Å². The van der Waals surface area contributed by atoms with Crippen molar-refractivity contribution in [2.45, 2.75) is 6.42 Å². The zero-order valence-electron chi connectivity index (χ0n) is 11.9. The fraction of sp³-hybridized carbons (Fsp3) is 0.125. The molecule has 23 heavy (non-hydrogen) atoms. The van der Waals surface area contributed by atoms with Crippen molar-refractivity contribution in [1.29, 1.82) is 0 Å². The Morgan fingerprint density at radius 3 is 2.30 bits per heavy atom. The van der Waals surface area contributed by atoms with Gasteiger partial charge in [-0.25, -0.2) is 8.78 Å². The third-order valence-corrected chi connectivity index (χ3v) is 3.46. The van der Waals surface area contributed by atoms with E-state index in [9.17, 15) is 18.4 Å². The van der Waals surface area contributed by atoms with Crippen LogP contribution in [-0.2, 0) is 16.0 Å². The number of nitrogens with one attached hydrogen (secondary N) is 2. The number of amides is 2. The molecule has 2 rings (SSSR count). The summed E-state index contributed by atoms with van der Waals surface area (Å²) in [5.74, 6) is -2.89. The topological polar surface area (TPSA) is 58.2 Å². The van der Waals surface area contributed by atoms with Gasteiger partial charge in [0.15, 0.2) is 11.6 Å². The van der Waals surface area contributed by atoms with Crippen LogP contribution in [0.25, 0.3) is 0 Å². The van der Waals surface area contributed by atoms with Crippen LogP contribution >= 0.6 is 15.9 Å². The molecule has 7 heteroatoms. The first-order valence-electron chi connectivity index (χ1n) is 6.70. The van der Waals surface area contributed by atoms with Crippen molar-refractivity contribution in [3.8, 4) is 0 Å². The summed E-state index contributed by atoms with van der Waals surface area (Å²) >= 11 is 3.30. The maximum absolute atomic E-state index is 13.0. The van der Waals surface area contributed by atoms with Crippen LogP contribution < -0.4 is 10.6 Å². The molecule has 0 aliphatic carbocycles. The molecule has 2 amide bonds. The first-order chi connectivity index (χ1) is 10.9. The van der Waals surface area contributed by atoms with Gasteiger partial charge in [-0.15, -0.1) is 0 Å². The average Bonchev–Trinajstić information content (AvgIpc) is 2.51. The van der Waals surface area contributed by atoms with Gasteiger partial charge in [-0.1, -0.05) is 28.1 Å². The lowest BCUT2D eigenvalue weighted by molar-refractivity contribution is -0.123. The van der Waals surface area contributed by atoms with Gasteiger partial charge in [0.25, 0.3) is 0 Å². The summed E-state index contributed by atoms with van der Waals surface area (Å²) in [5.41, 5.74) is 0.933. The molecule has 2 aromatic carbocycles. The number of hydrogen-bond acceptors (Lipinski definition) is 2. The minimum absolute atomic E-state index is 0.121. The third kappa shape index (κ3) is 5.45. The van der Waals surface area contributed by atoms with E-state index in [1.165, 1.54) is 6.07 Å². The lowest BCUT2D eigenvalue weighted by Gasteiger charge is -2.07. The fourth-order valence-electron chi connectivity index (χ4n) is 1.81. The van der Waals surface area contributed by atoms with Crippen molar-refractivity contribution >= 4 is 33.4 Å². The SMILES string of the molecule is O=C(Cc1ccc(Br)cc1)NCC(=O)Nc1ccc(F)c(F)c1. The van der Waals surface area contributed by atoms with E-state index in [2.05, 4.69) is 26.6 Å². The van der Waals surface area contributed by atoms with Gasteiger partial charge in [-0.05, 0) is 29.8 Å². The molecule has 0 spiro atoms. The second-order valence-electron chi connectivity index (χ2n) is 4.76. The molecule has 0 aliphatic heterocycles. The summed E-state index contributed by atoms with van der Waals surface area (Å²) in [6.07, 6.45) is 0.145. The Kier molecular flexibility index (Phi) is 5.81. The first-order valence-corrected chi connectivity index (χ1v) is 7.49. The summed E-state index contributed by atoms with van der Waals surface area (Å²) < 4.78 is 26.7. The lowest BCUT2D eigenvalue weighted by atomic mass is 10.1. The van der Waals surface area contributed by atoms with Gasteiger partial charge in [-0.3, -0.25) is 9.59 Å². The molecule has 4 nitrogen and oxygen atoms in total. The number of halogens is 3. The van der Waals surface area contributed by atoms with E-state index in [4.69, 9.17) is 0 Å². The van der Waals surface area contributed by atoms with E-state index in [1.54, 1.807) is 12.1 Å². The van der Waals surface area contributed by atoms with E-state index >= 15 is 0 Å². The normalized spacial score (nSPS) is 10.2. The minimum Gasteiger partial charge on any atom is -0.347 e. The molecule has 0 radical (unpaired) electrons. The zero-order chi connectivity index (χ0) is 16.8. The molecule has 2 aromatic rings. The largest absolute Gasteiger partial charge is 0.347 e. The van der Waals surface area contributed by atoms with Crippen LogP contribution in [0.5, 0.6) is 0 Å². The summed E-state index contributed by atoms with van der Waals surface area (Å²) in [6.45, 7) is -0.256. The molecule has 0 unspecified atom stereocenters. The van der Waals surface area contributed by atoms with Crippen molar-refractivity contribution in [3.05, 3.63) is 64.1 Å². The van der Waals surface area contributed by atoms with E-state index < -0.39 is 17.5 Å². The van der Waals surface area contributed by atoms with Crippen LogP contribution in [0.4, 0.5) is 14.5 Å². The molecular weight excluding hydrogens is 370 g/mol. The first kappa shape index (κ1) is 17.1. The average molecular weight is 383 g/mol. The maximum Gasteiger partial charge on any atom is 0.243 e. The predicted octanol–water partition coefficient (Wildman–Crippen LogP) is 3.02. The Labute approximate surface area is 140 Å². The highest BCUT2D eigenvalue weighted by molar-refractivity contribution is 9.10. The third-order valence-electron chi connectivity index (χ3n) is 2.93. The molecular formula is C16H13BrF2N2O2. The predicted molar refractivity (Wildman–Crippen MR) is 85.8 cm³/mol. The molecule has 0 aromatic heterocycles. The van der Waals surface area contributed by atoms with E-state index in [0.717, 1.165) is 22.2 Å². The monoisotopic (exact) mass is 382 g/mol. The molecule has 120 valence electrons. The number of carbonyl (C=O) groups excluding carboxylic acids is 2. The van der Waals surface area contributed by atoms with E-state index in [-0.39, 0.29) is 24.6 Å². The van der Waals surface area contributed by atoms with Gasteiger partial charge >= 0.3 is 0 Å². The summed E-state index contributed by atoms with van der Waals surface area (Å²) in [7, 11) is 0. The number of benzene rings is 2. The molecule has 0 fully saturated rings. The summed E-state index contributed by atoms with van der Waals surface area (Å²) in [5, 5.41) is 4.83. The van der Waals surface area contributed by atoms with Crippen LogP contribution in [-0.4, -0.2) is 18.4 Å². The lowest BCUT2D eigenvalue weighted by Crippen LogP contribution is -2.33. The van der Waals surface area contributed by atoms with Crippen LogP contribution in [0.3, 0.4) is 0 Å². The Hall–Kier alpha value is -2.28. The molecule has 0 heterocycles. The van der Waals surface area contributed by atoms with Gasteiger partial charge in [0.2, 0.25) is 11.8 Å². The molecule has 0 bridgehead atoms. The Morgan fingerprint density at radius 2 is 1.65 bits per heavy atom. The van der Waals surface area contributed by atoms with Crippen LogP contribution in [0, 0.1) is 11.6 Å². The van der Waals surface area contributed by atoms with Crippen molar-refractivity contribution in [2.75, 3.05) is 11.9 Å². The number of carbonyl (C=O) groups is 2. The van der Waals surface area contributed by atoms with Crippen molar-refractivity contribution < 1.29 is 18.4 Å². The second-order valence-corrected chi connectivity index (χ2v) is 5.67. The van der Waals surface area contributed by atoms with E-state index in [1.807, 2.05) is 12.1 Å². The number of rotatable bonds is 5. The highest BCUT2D eigenvalue weighted by Crippen LogP contribution is 2.13. The van der Waals surface area contributed by atoms with Gasteiger partial charge < -0.3 is 10.6 Å². The summed E-state index contributed by atoms with van der Waals surface area (Å²) in [4.78, 5) is 23.4. The minimum atomic E-state index is -1.05. The Balaban J connectivity index is 1.80. The number of hydrogen-bond donors (Lipinski definition) is 2. The zero-order valence-corrected chi connectivity index (χ0v) is 13.5. The quantitative estimate of drug-likeness (QED) is 0.834. The molecule has 0 saturated heterocycles. The van der Waals surface area contributed by atoms with Gasteiger partial charge in [0.1, 0.15) is 0 Å². The Bertz CT molecular complexity index is 721. The Morgan fingerprint density at radius 1 is 0.957 bits per heavy atom. The van der Waals surface area contributed by atoms with Crippen LogP contribution in [0.2, 0.25) is 0 Å². The highest BCUT2D eigenvalue weighted by atomic mass is 79.9.